The van der Waals surface area contributed by atoms with Crippen molar-refractivity contribution < 1.29 is 13.5 Å². The molecule has 1 atom stereocenters. The fourth-order valence-electron chi connectivity index (χ4n) is 1.91. The summed E-state index contributed by atoms with van der Waals surface area (Å²) >= 11 is 0. The van der Waals surface area contributed by atoms with Crippen LogP contribution in [0.4, 0.5) is 0 Å². The number of aromatic nitrogens is 1. The van der Waals surface area contributed by atoms with Crippen molar-refractivity contribution in [2.75, 3.05) is 12.8 Å². The van der Waals surface area contributed by atoms with E-state index in [1.165, 1.54) is 12.1 Å². The van der Waals surface area contributed by atoms with Crippen LogP contribution in [-0.4, -0.2) is 31.3 Å². The molecular formula is C15H18N2O3S. The first kappa shape index (κ1) is 15.6. The summed E-state index contributed by atoms with van der Waals surface area (Å²) in [5.74, 6) is 0. The predicted molar refractivity (Wildman–Crippen MR) is 80.5 cm³/mol. The summed E-state index contributed by atoms with van der Waals surface area (Å²) in [5, 5.41) is 13.2. The van der Waals surface area contributed by atoms with E-state index in [9.17, 15) is 13.5 Å². The number of pyridine rings is 1. The zero-order chi connectivity index (χ0) is 15.3. The van der Waals surface area contributed by atoms with E-state index in [0.29, 0.717) is 18.7 Å². The minimum absolute atomic E-state index is 0.252. The van der Waals surface area contributed by atoms with Gasteiger partial charge < -0.3 is 10.4 Å². The minimum Gasteiger partial charge on any atom is -0.387 e. The van der Waals surface area contributed by atoms with Gasteiger partial charge >= 0.3 is 0 Å². The number of benzene rings is 1. The Bertz CT molecular complexity index is 670. The number of hydrogen-bond donors (Lipinski definition) is 2. The lowest BCUT2D eigenvalue weighted by Crippen LogP contribution is -2.21. The van der Waals surface area contributed by atoms with E-state index in [1.54, 1.807) is 24.5 Å². The number of nitrogens with one attached hydrogen (secondary N) is 1. The minimum atomic E-state index is -3.20. The highest BCUT2D eigenvalue weighted by atomic mass is 32.2. The van der Waals surface area contributed by atoms with Crippen molar-refractivity contribution in [3.05, 3.63) is 59.9 Å². The van der Waals surface area contributed by atoms with Gasteiger partial charge in [0.2, 0.25) is 0 Å². The average Bonchev–Trinajstić information content (AvgIpc) is 2.47. The summed E-state index contributed by atoms with van der Waals surface area (Å²) in [6, 6.07) is 10.1. The Hall–Kier alpha value is -1.76. The second-order valence-electron chi connectivity index (χ2n) is 4.85. The molecule has 5 nitrogen and oxygen atoms in total. The van der Waals surface area contributed by atoms with Crippen LogP contribution < -0.4 is 5.32 Å². The quantitative estimate of drug-likeness (QED) is 0.841. The number of hydrogen-bond acceptors (Lipinski definition) is 5. The molecule has 0 bridgehead atoms. The zero-order valence-corrected chi connectivity index (χ0v) is 12.5. The van der Waals surface area contributed by atoms with E-state index in [4.69, 9.17) is 0 Å². The average molecular weight is 306 g/mol. The second kappa shape index (κ2) is 6.80. The van der Waals surface area contributed by atoms with Gasteiger partial charge in [-0.1, -0.05) is 18.2 Å². The van der Waals surface area contributed by atoms with Crippen LogP contribution in [0.3, 0.4) is 0 Å². The Balaban J connectivity index is 1.90. The zero-order valence-electron chi connectivity index (χ0n) is 11.7. The van der Waals surface area contributed by atoms with E-state index in [2.05, 4.69) is 10.3 Å². The highest BCUT2D eigenvalue weighted by molar-refractivity contribution is 7.90. The number of rotatable bonds is 6. The standard InChI is InChI=1S/C15H18N2O3S/c1-21(19,20)14-6-4-13(5-7-14)15(18)11-17-10-12-3-2-8-16-9-12/h2-9,15,17-18H,10-11H2,1H3. The van der Waals surface area contributed by atoms with Crippen LogP contribution in [0.2, 0.25) is 0 Å². The van der Waals surface area contributed by atoms with Gasteiger partial charge in [0.1, 0.15) is 0 Å². The summed E-state index contributed by atoms with van der Waals surface area (Å²) in [4.78, 5) is 4.27. The summed E-state index contributed by atoms with van der Waals surface area (Å²) < 4.78 is 22.7. The molecule has 0 radical (unpaired) electrons. The van der Waals surface area contributed by atoms with Crippen molar-refractivity contribution in [1.29, 1.82) is 0 Å². The molecule has 1 aromatic heterocycles. The Morgan fingerprint density at radius 1 is 1.24 bits per heavy atom. The van der Waals surface area contributed by atoms with Gasteiger partial charge in [0.25, 0.3) is 0 Å². The molecule has 0 aliphatic rings. The molecule has 1 aromatic carbocycles. The maximum absolute atomic E-state index is 11.4. The first-order chi connectivity index (χ1) is 9.97. The van der Waals surface area contributed by atoms with Gasteiger partial charge in [0.05, 0.1) is 11.0 Å². The molecule has 1 unspecified atom stereocenters. The lowest BCUT2D eigenvalue weighted by Gasteiger charge is -2.12. The molecule has 0 fully saturated rings. The lowest BCUT2D eigenvalue weighted by molar-refractivity contribution is 0.174. The lowest BCUT2D eigenvalue weighted by atomic mass is 10.1. The SMILES string of the molecule is CS(=O)(=O)c1ccc(C(O)CNCc2cccnc2)cc1. The van der Waals surface area contributed by atoms with Gasteiger partial charge in [-0.2, -0.15) is 0 Å². The van der Waals surface area contributed by atoms with E-state index in [1.807, 2.05) is 12.1 Å². The number of nitrogens with zero attached hydrogens (tertiary/aromatic N) is 1. The van der Waals surface area contributed by atoms with E-state index in [-0.39, 0.29) is 4.90 Å². The van der Waals surface area contributed by atoms with Crippen molar-refractivity contribution in [3.63, 3.8) is 0 Å². The van der Waals surface area contributed by atoms with Crippen molar-refractivity contribution in [3.8, 4) is 0 Å². The van der Waals surface area contributed by atoms with Gasteiger partial charge in [-0.15, -0.1) is 0 Å². The molecule has 0 saturated carbocycles. The number of sulfone groups is 1. The molecular weight excluding hydrogens is 288 g/mol. The Morgan fingerprint density at radius 3 is 2.52 bits per heavy atom. The van der Waals surface area contributed by atoms with Crippen LogP contribution in [-0.2, 0) is 16.4 Å². The molecule has 21 heavy (non-hydrogen) atoms. The summed E-state index contributed by atoms with van der Waals surface area (Å²) in [5.41, 5.74) is 1.72. The van der Waals surface area contributed by atoms with Crippen LogP contribution in [0.5, 0.6) is 0 Å². The van der Waals surface area contributed by atoms with Crippen molar-refractivity contribution in [1.82, 2.24) is 10.3 Å². The van der Waals surface area contributed by atoms with E-state index >= 15 is 0 Å². The highest BCUT2D eigenvalue weighted by Gasteiger charge is 2.10. The monoisotopic (exact) mass is 306 g/mol. The fraction of sp³-hybridized carbons (Fsp3) is 0.267. The molecule has 1 heterocycles. The topological polar surface area (TPSA) is 79.3 Å². The van der Waals surface area contributed by atoms with Gasteiger partial charge in [-0.05, 0) is 29.3 Å². The molecule has 0 aliphatic carbocycles. The van der Waals surface area contributed by atoms with Crippen LogP contribution in [0.1, 0.15) is 17.2 Å². The van der Waals surface area contributed by atoms with E-state index in [0.717, 1.165) is 11.8 Å². The van der Waals surface area contributed by atoms with Crippen LogP contribution in [0.15, 0.2) is 53.7 Å². The molecule has 112 valence electrons. The molecule has 2 rings (SSSR count). The van der Waals surface area contributed by atoms with Crippen LogP contribution in [0, 0.1) is 0 Å². The highest BCUT2D eigenvalue weighted by Crippen LogP contribution is 2.16. The third kappa shape index (κ3) is 4.63. The van der Waals surface area contributed by atoms with Gasteiger partial charge in [-0.25, -0.2) is 8.42 Å². The molecule has 2 aromatic rings. The number of aliphatic hydroxyl groups excluding tert-OH is 1. The van der Waals surface area contributed by atoms with Gasteiger partial charge in [0, 0.05) is 31.7 Å². The third-order valence-electron chi connectivity index (χ3n) is 3.08. The van der Waals surface area contributed by atoms with Crippen molar-refractivity contribution >= 4 is 9.84 Å². The largest absolute Gasteiger partial charge is 0.387 e. The smallest absolute Gasteiger partial charge is 0.175 e. The number of aliphatic hydroxyl groups is 1. The first-order valence-corrected chi connectivity index (χ1v) is 8.43. The Morgan fingerprint density at radius 2 is 1.95 bits per heavy atom. The first-order valence-electron chi connectivity index (χ1n) is 6.54. The van der Waals surface area contributed by atoms with Gasteiger partial charge in [0.15, 0.2) is 9.84 Å². The molecule has 0 saturated heterocycles. The normalized spacial score (nSPS) is 13.0. The molecule has 0 amide bonds. The van der Waals surface area contributed by atoms with E-state index < -0.39 is 15.9 Å². The molecule has 0 spiro atoms. The summed E-state index contributed by atoms with van der Waals surface area (Å²) in [6.45, 7) is 0.999. The molecule has 2 N–H and O–H groups in total. The second-order valence-corrected chi connectivity index (χ2v) is 6.86. The van der Waals surface area contributed by atoms with Crippen LogP contribution in [0.25, 0.3) is 0 Å². The third-order valence-corrected chi connectivity index (χ3v) is 4.21. The fourth-order valence-corrected chi connectivity index (χ4v) is 2.54. The maximum atomic E-state index is 11.4. The van der Waals surface area contributed by atoms with Crippen molar-refractivity contribution in [2.45, 2.75) is 17.5 Å². The summed E-state index contributed by atoms with van der Waals surface area (Å²) in [6.07, 6.45) is 3.95. The van der Waals surface area contributed by atoms with Gasteiger partial charge in [-0.3, -0.25) is 4.98 Å². The Kier molecular flexibility index (Phi) is 5.06. The predicted octanol–water partition coefficient (Wildman–Crippen LogP) is 1.31. The molecule has 6 heteroatoms. The maximum Gasteiger partial charge on any atom is 0.175 e. The van der Waals surface area contributed by atoms with Crippen molar-refractivity contribution in [2.24, 2.45) is 0 Å². The molecule has 0 aliphatic heterocycles. The Labute approximate surface area is 124 Å². The van der Waals surface area contributed by atoms with Crippen LogP contribution >= 0.6 is 0 Å². The summed E-state index contributed by atoms with van der Waals surface area (Å²) in [7, 11) is -3.20.